The lowest BCUT2D eigenvalue weighted by atomic mass is 9.82. The molecule has 7 nitrogen and oxygen atoms in total. The van der Waals surface area contributed by atoms with Crippen molar-refractivity contribution in [2.75, 3.05) is 6.61 Å². The smallest absolute Gasteiger partial charge is 0.387 e. The number of nitrogens with one attached hydrogen (secondary N) is 1. The second-order valence-corrected chi connectivity index (χ2v) is 7.65. The van der Waals surface area contributed by atoms with Crippen LogP contribution >= 0.6 is 11.6 Å². The molecule has 1 aliphatic rings. The number of aliphatic imine (C=N–C) groups is 1. The van der Waals surface area contributed by atoms with Gasteiger partial charge in [0, 0.05) is 18.0 Å². The second kappa shape index (κ2) is 9.41. The normalized spacial score (nSPS) is 17.3. The van der Waals surface area contributed by atoms with E-state index in [-0.39, 0.29) is 24.9 Å². The zero-order chi connectivity index (χ0) is 23.4. The summed E-state index contributed by atoms with van der Waals surface area (Å²) >= 11 is 6.10. The van der Waals surface area contributed by atoms with E-state index >= 15 is 0 Å². The maximum atomic E-state index is 12.7. The largest absolute Gasteiger partial charge is 0.460 e. The summed E-state index contributed by atoms with van der Waals surface area (Å²) in [5.74, 6) is 0.0631. The molecule has 0 bridgehead atoms. The van der Waals surface area contributed by atoms with Crippen molar-refractivity contribution in [1.29, 1.82) is 0 Å². The molecule has 0 radical (unpaired) electrons. The van der Waals surface area contributed by atoms with Crippen molar-refractivity contribution in [2.24, 2.45) is 4.99 Å². The van der Waals surface area contributed by atoms with Gasteiger partial charge in [0.15, 0.2) is 5.54 Å². The molecule has 1 N–H and O–H groups in total. The van der Waals surface area contributed by atoms with Gasteiger partial charge in [0.05, 0.1) is 5.02 Å². The minimum absolute atomic E-state index is 0.00230. The quantitative estimate of drug-likeness (QED) is 0.398. The summed E-state index contributed by atoms with van der Waals surface area (Å²) in [7, 11) is 0. The Labute approximate surface area is 192 Å². The number of hydroxylamine groups is 1. The number of ether oxygens (including phenoxy) is 2. The van der Waals surface area contributed by atoms with E-state index in [0.717, 1.165) is 16.7 Å². The molecule has 10 heteroatoms. The lowest BCUT2D eigenvalue weighted by Gasteiger charge is -2.26. The van der Waals surface area contributed by atoms with Crippen LogP contribution in [0, 0.1) is 6.92 Å². The molecule has 3 aromatic rings. The van der Waals surface area contributed by atoms with E-state index in [9.17, 15) is 13.6 Å². The van der Waals surface area contributed by atoms with Crippen molar-refractivity contribution >= 4 is 24.1 Å². The van der Waals surface area contributed by atoms with E-state index in [0.29, 0.717) is 16.1 Å². The zero-order valence-electron chi connectivity index (χ0n) is 17.3. The number of rotatable bonds is 7. The number of benzene rings is 2. The van der Waals surface area contributed by atoms with Crippen molar-refractivity contribution in [3.8, 4) is 16.9 Å². The van der Waals surface area contributed by atoms with Gasteiger partial charge in [0.1, 0.15) is 12.4 Å². The molecule has 1 unspecified atom stereocenters. The van der Waals surface area contributed by atoms with Gasteiger partial charge in [-0.05, 0) is 53.4 Å². The molecule has 1 aliphatic heterocycles. The van der Waals surface area contributed by atoms with Crippen LogP contribution in [0.25, 0.3) is 11.1 Å². The van der Waals surface area contributed by atoms with Crippen molar-refractivity contribution < 1.29 is 27.9 Å². The molecule has 0 spiro atoms. The number of pyridine rings is 1. The lowest BCUT2D eigenvalue weighted by molar-refractivity contribution is -0.132. The van der Waals surface area contributed by atoms with Crippen molar-refractivity contribution in [2.45, 2.75) is 19.1 Å². The van der Waals surface area contributed by atoms with Gasteiger partial charge in [-0.2, -0.15) is 14.3 Å². The van der Waals surface area contributed by atoms with E-state index in [1.165, 1.54) is 6.07 Å². The van der Waals surface area contributed by atoms with Gasteiger partial charge in [-0.3, -0.25) is 9.78 Å². The van der Waals surface area contributed by atoms with Gasteiger partial charge in [-0.15, -0.1) is 0 Å². The maximum absolute atomic E-state index is 12.7. The minimum Gasteiger partial charge on any atom is -0.460 e. The first-order valence-electron chi connectivity index (χ1n) is 9.76. The minimum atomic E-state index is -2.93. The highest BCUT2D eigenvalue weighted by atomic mass is 35.5. The zero-order valence-corrected chi connectivity index (χ0v) is 18.1. The Kier molecular flexibility index (Phi) is 6.41. The highest BCUT2D eigenvalue weighted by molar-refractivity contribution is 6.30. The molecule has 33 heavy (non-hydrogen) atoms. The number of amidine groups is 1. The van der Waals surface area contributed by atoms with Crippen LogP contribution in [-0.2, 0) is 19.9 Å². The summed E-state index contributed by atoms with van der Waals surface area (Å²) in [5, 5.41) is 0.498. The van der Waals surface area contributed by atoms with Crippen LogP contribution in [0.5, 0.6) is 5.75 Å². The molecule has 1 aromatic heterocycles. The van der Waals surface area contributed by atoms with E-state index in [1.54, 1.807) is 37.5 Å². The average Bonchev–Trinajstić information content (AvgIpc) is 3.24. The summed E-state index contributed by atoms with van der Waals surface area (Å²) in [6.45, 7) is -0.990. The number of hydrogen-bond donors (Lipinski definition) is 1. The highest BCUT2D eigenvalue weighted by Gasteiger charge is 2.41. The van der Waals surface area contributed by atoms with Crippen molar-refractivity contribution in [3.63, 3.8) is 0 Å². The van der Waals surface area contributed by atoms with Crippen LogP contribution in [0.15, 0.2) is 65.9 Å². The fourth-order valence-electron chi connectivity index (χ4n) is 3.66. The predicted octanol–water partition coefficient (Wildman–Crippen LogP) is 4.62. The summed E-state index contributed by atoms with van der Waals surface area (Å²) in [4.78, 5) is 23.9. The van der Waals surface area contributed by atoms with E-state index in [4.69, 9.17) is 16.3 Å². The number of hydrogen-bond acceptors (Lipinski definition) is 7. The highest BCUT2D eigenvalue weighted by Crippen LogP contribution is 2.40. The third-order valence-corrected chi connectivity index (χ3v) is 5.36. The molecular weight excluding hydrogens is 456 g/mol. The predicted molar refractivity (Wildman–Crippen MR) is 117 cm³/mol. The first kappa shape index (κ1) is 22.5. The Balaban J connectivity index is 1.82. The van der Waals surface area contributed by atoms with E-state index in [1.807, 2.05) is 24.3 Å². The first-order chi connectivity index (χ1) is 15.9. The molecular formula is C23H18ClF2N3O4. The van der Waals surface area contributed by atoms with E-state index < -0.39 is 12.2 Å². The fraction of sp³-hybridized carbons (Fsp3) is 0.174. The number of aryl methyl sites for hydroxylation is 1. The summed E-state index contributed by atoms with van der Waals surface area (Å²) in [5.41, 5.74) is 4.87. The molecule has 0 fully saturated rings. The molecule has 4 rings (SSSR count). The first-order valence-corrected chi connectivity index (χ1v) is 10.1. The maximum Gasteiger partial charge on any atom is 0.387 e. The van der Waals surface area contributed by atoms with Crippen LogP contribution in [0.1, 0.15) is 16.7 Å². The summed E-state index contributed by atoms with van der Waals surface area (Å²) in [6, 6.07) is 14.2. The SMILES string of the molecule is Cc1cc(C2(c3cccc(-c4cncc(Cl)c4)c3)COC(NOC=O)=N2)ccc1OC(F)F. The van der Waals surface area contributed by atoms with Crippen LogP contribution in [0.2, 0.25) is 5.02 Å². The molecule has 2 heterocycles. The third kappa shape index (κ3) is 4.73. The van der Waals surface area contributed by atoms with Gasteiger partial charge in [-0.25, -0.2) is 4.99 Å². The van der Waals surface area contributed by atoms with Gasteiger partial charge >= 0.3 is 19.1 Å². The summed E-state index contributed by atoms with van der Waals surface area (Å²) < 4.78 is 35.7. The molecule has 0 saturated heterocycles. The summed E-state index contributed by atoms with van der Waals surface area (Å²) in [6.07, 6.45) is 3.24. The average molecular weight is 474 g/mol. The molecule has 0 amide bonds. The Hall–Kier alpha value is -3.72. The Morgan fingerprint density at radius 3 is 2.70 bits per heavy atom. The van der Waals surface area contributed by atoms with Crippen LogP contribution in [0.4, 0.5) is 8.78 Å². The monoisotopic (exact) mass is 473 g/mol. The number of carbonyl (C=O) groups is 1. The lowest BCUT2D eigenvalue weighted by Crippen LogP contribution is -2.27. The topological polar surface area (TPSA) is 82.0 Å². The molecule has 0 saturated carbocycles. The van der Waals surface area contributed by atoms with Gasteiger partial charge in [-0.1, -0.05) is 35.9 Å². The Bertz CT molecular complexity index is 1210. The number of nitrogens with zero attached hydrogens (tertiary/aromatic N) is 2. The number of aromatic nitrogens is 1. The van der Waals surface area contributed by atoms with Crippen LogP contribution in [0.3, 0.4) is 0 Å². The van der Waals surface area contributed by atoms with Crippen molar-refractivity contribution in [1.82, 2.24) is 10.5 Å². The number of alkyl halides is 2. The second-order valence-electron chi connectivity index (χ2n) is 7.21. The Morgan fingerprint density at radius 1 is 1.15 bits per heavy atom. The van der Waals surface area contributed by atoms with E-state index in [2.05, 4.69) is 25.0 Å². The standard InChI is InChI=1S/C23H18ClF2N3O4/c1-14-7-18(5-6-20(14)33-21(25)26)23(12-31-22(28-23)29-32-13-30)17-4-2-3-15(8-17)16-9-19(24)11-27-10-16/h2-11,13,21H,12H2,1H3,(H,28,29). The van der Waals surface area contributed by atoms with Gasteiger partial charge in [0.2, 0.25) is 0 Å². The van der Waals surface area contributed by atoms with Gasteiger partial charge in [0.25, 0.3) is 0 Å². The fourth-order valence-corrected chi connectivity index (χ4v) is 3.83. The number of halogens is 3. The van der Waals surface area contributed by atoms with Gasteiger partial charge < -0.3 is 14.3 Å². The van der Waals surface area contributed by atoms with Crippen LogP contribution in [-0.4, -0.2) is 30.7 Å². The number of carbonyl (C=O) groups excluding carboxylic acids is 1. The molecule has 170 valence electrons. The molecule has 0 aliphatic carbocycles. The molecule has 1 atom stereocenters. The Morgan fingerprint density at radius 2 is 1.97 bits per heavy atom. The third-order valence-electron chi connectivity index (χ3n) is 5.15. The van der Waals surface area contributed by atoms with Crippen molar-refractivity contribution in [3.05, 3.63) is 82.6 Å². The van der Waals surface area contributed by atoms with Crippen LogP contribution < -0.4 is 10.2 Å². The molecule has 2 aromatic carbocycles.